The van der Waals surface area contributed by atoms with E-state index in [0.29, 0.717) is 11.4 Å². The minimum atomic E-state index is -3.73. The van der Waals surface area contributed by atoms with Crippen LogP contribution in [0.5, 0.6) is 0 Å². The topological polar surface area (TPSA) is 130 Å². The normalized spacial score (nSPS) is 10.8. The number of nitro benzene ring substituents is 1. The third-order valence-electron chi connectivity index (χ3n) is 4.01. The number of hydrogen-bond acceptors (Lipinski definition) is 5. The number of nitro groups is 1. The molecule has 0 saturated carbocycles. The molecule has 10 heteroatoms. The molecule has 0 saturated heterocycles. The van der Waals surface area contributed by atoms with E-state index in [1.54, 1.807) is 25.1 Å². The molecule has 0 fully saturated rings. The number of rotatable bonds is 6. The van der Waals surface area contributed by atoms with Gasteiger partial charge >= 0.3 is 6.03 Å². The van der Waals surface area contributed by atoms with Crippen LogP contribution in [-0.2, 0) is 10.0 Å². The molecule has 0 radical (unpaired) electrons. The highest BCUT2D eigenvalue weighted by molar-refractivity contribution is 7.92. The number of anilines is 3. The first-order valence-electron chi connectivity index (χ1n) is 8.75. The highest BCUT2D eigenvalue weighted by Crippen LogP contribution is 2.20. The van der Waals surface area contributed by atoms with Gasteiger partial charge in [0.1, 0.15) is 0 Å². The average Bonchev–Trinajstić information content (AvgIpc) is 2.69. The molecule has 0 aliphatic heterocycles. The number of non-ortho nitro benzene ring substituents is 1. The highest BCUT2D eigenvalue weighted by atomic mass is 32.2. The van der Waals surface area contributed by atoms with E-state index < -0.39 is 21.0 Å². The molecule has 30 heavy (non-hydrogen) atoms. The van der Waals surface area contributed by atoms with Gasteiger partial charge < -0.3 is 10.6 Å². The number of aryl methyl sites for hydroxylation is 1. The van der Waals surface area contributed by atoms with Crippen LogP contribution in [0.4, 0.5) is 27.5 Å². The number of nitrogens with one attached hydrogen (secondary N) is 3. The van der Waals surface area contributed by atoms with Crippen molar-refractivity contribution in [3.63, 3.8) is 0 Å². The minimum absolute atomic E-state index is 0.141. The zero-order chi connectivity index (χ0) is 21.7. The van der Waals surface area contributed by atoms with E-state index in [9.17, 15) is 23.3 Å². The number of benzene rings is 3. The van der Waals surface area contributed by atoms with Gasteiger partial charge in [0.2, 0.25) is 0 Å². The molecule has 0 aromatic heterocycles. The van der Waals surface area contributed by atoms with E-state index in [1.807, 2.05) is 0 Å². The quantitative estimate of drug-likeness (QED) is 0.398. The van der Waals surface area contributed by atoms with Crippen LogP contribution >= 0.6 is 0 Å². The Hall–Kier alpha value is -3.92. The van der Waals surface area contributed by atoms with Crippen molar-refractivity contribution in [2.75, 3.05) is 15.4 Å². The van der Waals surface area contributed by atoms with Crippen LogP contribution in [0, 0.1) is 17.0 Å². The van der Waals surface area contributed by atoms with Crippen molar-refractivity contribution < 1.29 is 18.1 Å². The molecule has 3 aromatic rings. The predicted octanol–water partition coefficient (Wildman–Crippen LogP) is 4.35. The Balaban J connectivity index is 1.63. The monoisotopic (exact) mass is 426 g/mol. The van der Waals surface area contributed by atoms with Gasteiger partial charge in [0.05, 0.1) is 9.82 Å². The second-order valence-corrected chi connectivity index (χ2v) is 8.07. The Morgan fingerprint density at radius 2 is 1.50 bits per heavy atom. The van der Waals surface area contributed by atoms with E-state index in [0.717, 1.165) is 5.56 Å². The summed E-state index contributed by atoms with van der Waals surface area (Å²) in [5, 5.41) is 15.9. The number of carbonyl (C=O) groups excluding carboxylic acids is 1. The van der Waals surface area contributed by atoms with Crippen molar-refractivity contribution in [2.24, 2.45) is 0 Å². The lowest BCUT2D eigenvalue weighted by molar-refractivity contribution is -0.384. The predicted molar refractivity (Wildman–Crippen MR) is 114 cm³/mol. The first kappa shape index (κ1) is 20.8. The van der Waals surface area contributed by atoms with Crippen molar-refractivity contribution in [1.29, 1.82) is 0 Å². The number of hydrogen-bond donors (Lipinski definition) is 3. The van der Waals surface area contributed by atoms with Crippen LogP contribution in [0.3, 0.4) is 0 Å². The van der Waals surface area contributed by atoms with Gasteiger partial charge in [-0.2, -0.15) is 0 Å². The van der Waals surface area contributed by atoms with Crippen LogP contribution in [-0.4, -0.2) is 19.4 Å². The molecule has 0 heterocycles. The summed E-state index contributed by atoms with van der Waals surface area (Å²) >= 11 is 0. The van der Waals surface area contributed by atoms with E-state index >= 15 is 0 Å². The highest BCUT2D eigenvalue weighted by Gasteiger charge is 2.14. The third-order valence-corrected chi connectivity index (χ3v) is 5.39. The number of sulfonamides is 1. The SMILES string of the molecule is Cc1cccc(S(=O)(=O)Nc2ccc(NC(=O)Nc3cccc([N+](=O)[O-])c3)cc2)c1. The van der Waals surface area contributed by atoms with Gasteiger partial charge in [0.15, 0.2) is 0 Å². The lowest BCUT2D eigenvalue weighted by Crippen LogP contribution is -2.19. The van der Waals surface area contributed by atoms with E-state index in [2.05, 4.69) is 15.4 Å². The maximum absolute atomic E-state index is 12.5. The lowest BCUT2D eigenvalue weighted by atomic mass is 10.2. The molecule has 2 amide bonds. The standard InChI is InChI=1S/C20H18N4O5S/c1-14-4-2-7-19(12-14)30(28,29)23-16-10-8-15(9-11-16)21-20(25)22-17-5-3-6-18(13-17)24(26)27/h2-13,23H,1H3,(H2,21,22,25). The second kappa shape index (κ2) is 8.62. The molecule has 154 valence electrons. The first-order valence-corrected chi connectivity index (χ1v) is 10.2. The van der Waals surface area contributed by atoms with Crippen molar-refractivity contribution >= 4 is 38.8 Å². The molecule has 3 aromatic carbocycles. The summed E-state index contributed by atoms with van der Waals surface area (Å²) in [5.74, 6) is 0. The van der Waals surface area contributed by atoms with Crippen molar-refractivity contribution in [3.8, 4) is 0 Å². The zero-order valence-corrected chi connectivity index (χ0v) is 16.6. The van der Waals surface area contributed by atoms with Gasteiger partial charge in [0, 0.05) is 29.2 Å². The first-order chi connectivity index (χ1) is 14.2. The van der Waals surface area contributed by atoms with E-state index in [-0.39, 0.29) is 16.3 Å². The number of urea groups is 1. The number of amides is 2. The van der Waals surface area contributed by atoms with Gasteiger partial charge in [-0.05, 0) is 55.0 Å². The van der Waals surface area contributed by atoms with Gasteiger partial charge in [-0.1, -0.05) is 18.2 Å². The lowest BCUT2D eigenvalue weighted by Gasteiger charge is -2.10. The van der Waals surface area contributed by atoms with Gasteiger partial charge in [0.25, 0.3) is 15.7 Å². The summed E-state index contributed by atoms with van der Waals surface area (Å²) in [6.45, 7) is 1.80. The molecular formula is C20H18N4O5S. The Bertz CT molecular complexity index is 1190. The summed E-state index contributed by atoms with van der Waals surface area (Å²) in [5.41, 5.74) is 1.70. The fourth-order valence-corrected chi connectivity index (χ4v) is 3.77. The van der Waals surface area contributed by atoms with Crippen molar-refractivity contribution in [2.45, 2.75) is 11.8 Å². The maximum Gasteiger partial charge on any atom is 0.323 e. The second-order valence-electron chi connectivity index (χ2n) is 6.39. The fourth-order valence-electron chi connectivity index (χ4n) is 2.61. The zero-order valence-electron chi connectivity index (χ0n) is 15.8. The van der Waals surface area contributed by atoms with E-state index in [1.165, 1.54) is 54.6 Å². The summed E-state index contributed by atoms with van der Waals surface area (Å²) in [6, 6.07) is 17.6. The Morgan fingerprint density at radius 3 is 2.17 bits per heavy atom. The maximum atomic E-state index is 12.5. The third kappa shape index (κ3) is 5.32. The molecule has 3 N–H and O–H groups in total. The van der Waals surface area contributed by atoms with Crippen molar-refractivity contribution in [1.82, 2.24) is 0 Å². The van der Waals surface area contributed by atoms with Gasteiger partial charge in [-0.3, -0.25) is 14.8 Å². The number of carbonyl (C=O) groups is 1. The minimum Gasteiger partial charge on any atom is -0.308 e. The smallest absolute Gasteiger partial charge is 0.308 e. The summed E-state index contributed by atoms with van der Waals surface area (Å²) in [7, 11) is -3.73. The molecule has 0 unspecified atom stereocenters. The molecule has 9 nitrogen and oxygen atoms in total. The van der Waals surface area contributed by atoms with Crippen LogP contribution in [0.15, 0.2) is 77.7 Å². The molecule has 0 aliphatic carbocycles. The van der Waals surface area contributed by atoms with Crippen LogP contribution in [0.25, 0.3) is 0 Å². The molecular weight excluding hydrogens is 408 g/mol. The van der Waals surface area contributed by atoms with Crippen LogP contribution < -0.4 is 15.4 Å². The van der Waals surface area contributed by atoms with Gasteiger partial charge in [-0.15, -0.1) is 0 Å². The van der Waals surface area contributed by atoms with Gasteiger partial charge in [-0.25, -0.2) is 13.2 Å². The summed E-state index contributed by atoms with van der Waals surface area (Å²) in [4.78, 5) is 22.5. The molecule has 0 aliphatic rings. The fraction of sp³-hybridized carbons (Fsp3) is 0.0500. The Labute approximate surface area is 173 Å². The molecule has 0 spiro atoms. The average molecular weight is 426 g/mol. The Kier molecular flexibility index (Phi) is 5.98. The molecule has 0 bridgehead atoms. The Morgan fingerprint density at radius 1 is 0.867 bits per heavy atom. The molecule has 0 atom stereocenters. The summed E-state index contributed by atoms with van der Waals surface area (Å²) < 4.78 is 27.4. The number of nitrogens with zero attached hydrogens (tertiary/aromatic N) is 1. The van der Waals surface area contributed by atoms with Crippen molar-refractivity contribution in [3.05, 3.63) is 88.5 Å². The van der Waals surface area contributed by atoms with Crippen LogP contribution in [0.2, 0.25) is 0 Å². The molecule has 3 rings (SSSR count). The van der Waals surface area contributed by atoms with E-state index in [4.69, 9.17) is 0 Å². The summed E-state index contributed by atoms with van der Waals surface area (Å²) in [6.07, 6.45) is 0. The van der Waals surface area contributed by atoms with Crippen LogP contribution in [0.1, 0.15) is 5.56 Å². The largest absolute Gasteiger partial charge is 0.323 e.